The van der Waals surface area contributed by atoms with E-state index in [1.165, 1.54) is 25.3 Å². The molecule has 100 valence electrons. The molecule has 0 saturated carbocycles. The van der Waals surface area contributed by atoms with Crippen molar-refractivity contribution in [3.8, 4) is 11.5 Å². The van der Waals surface area contributed by atoms with Gasteiger partial charge in [0.2, 0.25) is 6.17 Å². The number of phenols is 1. The number of aromatic hydroxyl groups is 1. The Bertz CT molecular complexity index is 425. The number of carbonyl (C=O) groups is 1. The maximum atomic E-state index is 13.7. The van der Waals surface area contributed by atoms with Gasteiger partial charge < -0.3 is 20.3 Å². The van der Waals surface area contributed by atoms with Crippen LogP contribution < -0.4 is 10.5 Å². The first-order valence-corrected chi connectivity index (χ1v) is 5.44. The number of phenolic OH excluding ortho intramolecular Hbond substituents is 1. The van der Waals surface area contributed by atoms with E-state index in [1.54, 1.807) is 6.92 Å². The van der Waals surface area contributed by atoms with Crippen LogP contribution in [-0.4, -0.2) is 31.0 Å². The fourth-order valence-electron chi connectivity index (χ4n) is 1.46. The molecule has 1 unspecified atom stereocenters. The molecule has 0 aromatic heterocycles. The Morgan fingerprint density at radius 1 is 1.56 bits per heavy atom. The van der Waals surface area contributed by atoms with Crippen LogP contribution in [0.5, 0.6) is 11.5 Å². The molecule has 5 nitrogen and oxygen atoms in total. The summed E-state index contributed by atoms with van der Waals surface area (Å²) in [6.07, 6.45) is -2.02. The number of nitrogens with two attached hydrogens (primary N) is 1. The molecule has 0 radical (unpaired) electrons. The quantitative estimate of drug-likeness (QED) is 0.777. The van der Waals surface area contributed by atoms with Crippen LogP contribution in [0.25, 0.3) is 0 Å². The van der Waals surface area contributed by atoms with Gasteiger partial charge in [-0.05, 0) is 19.1 Å². The Labute approximate surface area is 104 Å². The largest absolute Gasteiger partial charge is 0.507 e. The highest BCUT2D eigenvalue weighted by Crippen LogP contribution is 2.30. The average molecular weight is 257 g/mol. The van der Waals surface area contributed by atoms with Crippen LogP contribution in [0.15, 0.2) is 18.2 Å². The minimum atomic E-state index is -2.02. The molecule has 0 spiro atoms. The number of methoxy groups -OCH3 is 1. The average Bonchev–Trinajstić information content (AvgIpc) is 2.37. The Morgan fingerprint density at radius 2 is 2.22 bits per heavy atom. The van der Waals surface area contributed by atoms with Gasteiger partial charge in [-0.2, -0.15) is 0 Å². The number of rotatable bonds is 5. The smallest absolute Gasteiger partial charge is 0.342 e. The number of carbonyl (C=O) groups excluding carboxylic acids is 1. The lowest BCUT2D eigenvalue weighted by atomic mass is 10.0. The number of ether oxygens (including phenoxy) is 2. The lowest BCUT2D eigenvalue weighted by Gasteiger charge is -2.17. The fourth-order valence-corrected chi connectivity index (χ4v) is 1.46. The molecular formula is C12H16FNO4. The minimum absolute atomic E-state index is 0.0700. The van der Waals surface area contributed by atoms with Crippen molar-refractivity contribution in [3.05, 3.63) is 23.8 Å². The monoisotopic (exact) mass is 257 g/mol. The summed E-state index contributed by atoms with van der Waals surface area (Å²) in [5.41, 5.74) is 5.71. The molecule has 0 amide bonds. The van der Waals surface area contributed by atoms with Crippen molar-refractivity contribution < 1.29 is 23.8 Å². The predicted octanol–water partition coefficient (Wildman–Crippen LogP) is 1.30. The summed E-state index contributed by atoms with van der Waals surface area (Å²) in [4.78, 5) is 11.2. The zero-order chi connectivity index (χ0) is 13.7. The normalized spacial score (nSPS) is 13.8. The zero-order valence-corrected chi connectivity index (χ0v) is 10.2. The third-order valence-corrected chi connectivity index (χ3v) is 2.42. The lowest BCUT2D eigenvalue weighted by Crippen LogP contribution is -2.31. The van der Waals surface area contributed by atoms with E-state index in [1.807, 2.05) is 0 Å². The molecule has 3 N–H and O–H groups in total. The molecule has 6 heteroatoms. The van der Waals surface area contributed by atoms with Crippen LogP contribution in [0.3, 0.4) is 0 Å². The van der Waals surface area contributed by atoms with Crippen molar-refractivity contribution >= 4 is 5.97 Å². The van der Waals surface area contributed by atoms with Gasteiger partial charge in [-0.3, -0.25) is 0 Å². The molecule has 0 saturated heterocycles. The number of alkyl halides is 1. The molecule has 18 heavy (non-hydrogen) atoms. The van der Waals surface area contributed by atoms with E-state index in [-0.39, 0.29) is 17.9 Å². The van der Waals surface area contributed by atoms with Crippen molar-refractivity contribution in [3.63, 3.8) is 0 Å². The van der Waals surface area contributed by atoms with Crippen molar-refractivity contribution in [2.75, 3.05) is 13.7 Å². The summed E-state index contributed by atoms with van der Waals surface area (Å²) < 4.78 is 23.1. The van der Waals surface area contributed by atoms with Crippen LogP contribution in [0.1, 0.15) is 18.5 Å². The molecule has 0 bridgehead atoms. The molecule has 0 heterocycles. The van der Waals surface area contributed by atoms with Crippen molar-refractivity contribution in [1.29, 1.82) is 0 Å². The standard InChI is InChI=1S/C12H16FNO4/c1-3-18-12(16)10(13)11(14)8-5-4-7(17-2)6-9(8)15/h4-6,10-11,15H,3,14H2,1-2H3/t10?,11-/m1/s1. The summed E-state index contributed by atoms with van der Waals surface area (Å²) in [7, 11) is 1.44. The highest BCUT2D eigenvalue weighted by Gasteiger charge is 2.29. The van der Waals surface area contributed by atoms with Crippen molar-refractivity contribution in [1.82, 2.24) is 0 Å². The van der Waals surface area contributed by atoms with Gasteiger partial charge in [0.05, 0.1) is 19.8 Å². The molecule has 1 aromatic rings. The SMILES string of the molecule is CCOC(=O)C(F)[C@H](N)c1ccc(OC)cc1O. The highest BCUT2D eigenvalue weighted by atomic mass is 19.1. The Kier molecular flexibility index (Phi) is 4.91. The van der Waals surface area contributed by atoms with E-state index in [0.29, 0.717) is 5.75 Å². The molecule has 1 rings (SSSR count). The van der Waals surface area contributed by atoms with Gasteiger partial charge in [-0.15, -0.1) is 0 Å². The molecule has 0 aliphatic rings. The van der Waals surface area contributed by atoms with E-state index in [9.17, 15) is 14.3 Å². The topological polar surface area (TPSA) is 81.8 Å². The number of halogens is 1. The maximum Gasteiger partial charge on any atom is 0.342 e. The van der Waals surface area contributed by atoms with Gasteiger partial charge in [0.1, 0.15) is 11.5 Å². The molecule has 1 aromatic carbocycles. The van der Waals surface area contributed by atoms with Gasteiger partial charge in [0.15, 0.2) is 0 Å². The van der Waals surface area contributed by atoms with Crippen LogP contribution in [0.4, 0.5) is 4.39 Å². The molecular weight excluding hydrogens is 241 g/mol. The number of hydrogen-bond acceptors (Lipinski definition) is 5. The van der Waals surface area contributed by atoms with Crippen LogP contribution in [0.2, 0.25) is 0 Å². The summed E-state index contributed by atoms with van der Waals surface area (Å²) in [5.74, 6) is -0.857. The first-order valence-electron chi connectivity index (χ1n) is 5.44. The maximum absolute atomic E-state index is 13.7. The second-order valence-corrected chi connectivity index (χ2v) is 3.60. The third kappa shape index (κ3) is 3.10. The summed E-state index contributed by atoms with van der Waals surface area (Å²) >= 11 is 0. The van der Waals surface area contributed by atoms with Crippen LogP contribution >= 0.6 is 0 Å². The Hall–Kier alpha value is -1.82. The Morgan fingerprint density at radius 3 is 2.72 bits per heavy atom. The minimum Gasteiger partial charge on any atom is -0.507 e. The lowest BCUT2D eigenvalue weighted by molar-refractivity contribution is -0.149. The number of esters is 1. The molecule has 0 aliphatic carbocycles. The van der Waals surface area contributed by atoms with E-state index in [2.05, 4.69) is 4.74 Å². The van der Waals surface area contributed by atoms with Gasteiger partial charge >= 0.3 is 5.97 Å². The van der Waals surface area contributed by atoms with E-state index >= 15 is 0 Å². The van der Waals surface area contributed by atoms with E-state index in [4.69, 9.17) is 10.5 Å². The Balaban J connectivity index is 2.89. The third-order valence-electron chi connectivity index (χ3n) is 2.42. The first kappa shape index (κ1) is 14.2. The fraction of sp³-hybridized carbons (Fsp3) is 0.417. The van der Waals surface area contributed by atoms with Crippen LogP contribution in [0, 0.1) is 0 Å². The second-order valence-electron chi connectivity index (χ2n) is 3.60. The molecule has 0 fully saturated rings. The summed E-state index contributed by atoms with van der Waals surface area (Å²) in [6, 6.07) is 2.94. The summed E-state index contributed by atoms with van der Waals surface area (Å²) in [5, 5.41) is 9.67. The zero-order valence-electron chi connectivity index (χ0n) is 10.2. The number of hydrogen-bond donors (Lipinski definition) is 2. The summed E-state index contributed by atoms with van der Waals surface area (Å²) in [6.45, 7) is 1.64. The van der Waals surface area contributed by atoms with E-state index in [0.717, 1.165) is 0 Å². The molecule has 0 aliphatic heterocycles. The molecule has 2 atom stereocenters. The van der Waals surface area contributed by atoms with Gasteiger partial charge in [0, 0.05) is 11.6 Å². The first-order chi connectivity index (χ1) is 8.51. The second kappa shape index (κ2) is 6.20. The predicted molar refractivity (Wildman–Crippen MR) is 63.1 cm³/mol. The van der Waals surface area contributed by atoms with Crippen molar-refractivity contribution in [2.24, 2.45) is 5.73 Å². The van der Waals surface area contributed by atoms with E-state index < -0.39 is 18.2 Å². The van der Waals surface area contributed by atoms with Gasteiger partial charge in [-0.1, -0.05) is 0 Å². The number of benzene rings is 1. The van der Waals surface area contributed by atoms with Gasteiger partial charge in [0.25, 0.3) is 0 Å². The van der Waals surface area contributed by atoms with Crippen molar-refractivity contribution in [2.45, 2.75) is 19.1 Å². The van der Waals surface area contributed by atoms with Gasteiger partial charge in [-0.25, -0.2) is 9.18 Å². The van der Waals surface area contributed by atoms with Crippen LogP contribution in [-0.2, 0) is 9.53 Å². The highest BCUT2D eigenvalue weighted by molar-refractivity contribution is 5.76.